The van der Waals surface area contributed by atoms with Crippen molar-refractivity contribution in [3.63, 3.8) is 0 Å². The van der Waals surface area contributed by atoms with Crippen molar-refractivity contribution in [1.82, 2.24) is 9.97 Å². The van der Waals surface area contributed by atoms with Crippen LogP contribution in [0.1, 0.15) is 22.8 Å². The Morgan fingerprint density at radius 1 is 1.11 bits per heavy atom. The summed E-state index contributed by atoms with van der Waals surface area (Å²) in [4.78, 5) is 32.5. The molecule has 3 rings (SSSR count). The van der Waals surface area contributed by atoms with E-state index in [2.05, 4.69) is 15.3 Å². The first-order valence-electron chi connectivity index (χ1n) is 8.58. The van der Waals surface area contributed by atoms with Crippen LogP contribution in [0.15, 0.2) is 60.9 Å². The number of nitro groups is 1. The number of ketones is 1. The Balaban J connectivity index is 1.90. The Morgan fingerprint density at radius 3 is 2.39 bits per heavy atom. The van der Waals surface area contributed by atoms with Gasteiger partial charge in [0.2, 0.25) is 11.6 Å². The molecule has 28 heavy (non-hydrogen) atoms. The second-order valence-electron chi connectivity index (χ2n) is 6.25. The summed E-state index contributed by atoms with van der Waals surface area (Å²) >= 11 is 0. The van der Waals surface area contributed by atoms with Gasteiger partial charge in [-0.05, 0) is 36.8 Å². The van der Waals surface area contributed by atoms with E-state index in [1.165, 1.54) is 13.3 Å². The zero-order valence-corrected chi connectivity index (χ0v) is 15.5. The number of Topliss-reactive ketones (excluding diaryl/α,β-unsaturated/α-hetero) is 1. The molecule has 0 aliphatic heterocycles. The number of hydrogen-bond acceptors (Lipinski definition) is 7. The van der Waals surface area contributed by atoms with E-state index in [-0.39, 0.29) is 23.1 Å². The van der Waals surface area contributed by atoms with Gasteiger partial charge < -0.3 is 10.2 Å². The fourth-order valence-corrected chi connectivity index (χ4v) is 2.77. The maximum absolute atomic E-state index is 11.7. The van der Waals surface area contributed by atoms with Crippen LogP contribution in [-0.2, 0) is 6.54 Å². The molecule has 0 fully saturated rings. The summed E-state index contributed by atoms with van der Waals surface area (Å²) < 4.78 is 0. The Kier molecular flexibility index (Phi) is 5.59. The van der Waals surface area contributed by atoms with Gasteiger partial charge in [-0.1, -0.05) is 30.3 Å². The van der Waals surface area contributed by atoms with E-state index < -0.39 is 4.92 Å². The Hall–Kier alpha value is -3.81. The molecule has 0 aliphatic carbocycles. The lowest BCUT2D eigenvalue weighted by Gasteiger charge is -2.19. The highest BCUT2D eigenvalue weighted by molar-refractivity contribution is 5.94. The molecule has 8 nitrogen and oxygen atoms in total. The minimum Gasteiger partial charge on any atom is -0.349 e. The summed E-state index contributed by atoms with van der Waals surface area (Å²) in [5.41, 5.74) is 1.94. The number of hydrogen-bond donors (Lipinski definition) is 1. The van der Waals surface area contributed by atoms with Crippen LogP contribution in [-0.4, -0.2) is 27.7 Å². The monoisotopic (exact) mass is 377 g/mol. The molecule has 8 heteroatoms. The van der Waals surface area contributed by atoms with Crippen LogP contribution in [0.5, 0.6) is 0 Å². The van der Waals surface area contributed by atoms with Gasteiger partial charge in [0, 0.05) is 24.8 Å². The molecule has 3 aromatic rings. The smallest absolute Gasteiger partial charge is 0.349 e. The molecule has 1 aromatic heterocycles. The van der Waals surface area contributed by atoms with E-state index in [1.807, 2.05) is 30.3 Å². The molecule has 2 aromatic carbocycles. The number of nitrogens with one attached hydrogen (secondary N) is 1. The van der Waals surface area contributed by atoms with Crippen molar-refractivity contribution in [3.8, 4) is 0 Å². The van der Waals surface area contributed by atoms with Crippen LogP contribution in [0, 0.1) is 10.1 Å². The molecular formula is C20H19N5O3. The average Bonchev–Trinajstić information content (AvgIpc) is 2.68. The number of nitrogens with zero attached hydrogens (tertiary/aromatic N) is 4. The predicted octanol–water partition coefficient (Wildman–Crippen LogP) is 3.97. The van der Waals surface area contributed by atoms with Gasteiger partial charge in [0.05, 0.1) is 4.92 Å². The van der Waals surface area contributed by atoms with Gasteiger partial charge in [-0.3, -0.25) is 14.9 Å². The van der Waals surface area contributed by atoms with E-state index in [0.717, 1.165) is 5.56 Å². The quantitative estimate of drug-likeness (QED) is 0.378. The van der Waals surface area contributed by atoms with E-state index in [9.17, 15) is 14.9 Å². The normalized spacial score (nSPS) is 10.4. The second-order valence-corrected chi connectivity index (χ2v) is 6.25. The van der Waals surface area contributed by atoms with E-state index in [4.69, 9.17) is 0 Å². The fraction of sp³-hybridized carbons (Fsp3) is 0.150. The first-order chi connectivity index (χ1) is 13.5. The highest BCUT2D eigenvalue weighted by Crippen LogP contribution is 2.33. The third kappa shape index (κ3) is 4.29. The van der Waals surface area contributed by atoms with Gasteiger partial charge in [0.25, 0.3) is 0 Å². The van der Waals surface area contributed by atoms with Crippen molar-refractivity contribution in [1.29, 1.82) is 0 Å². The van der Waals surface area contributed by atoms with Gasteiger partial charge in [-0.15, -0.1) is 0 Å². The van der Waals surface area contributed by atoms with Crippen molar-refractivity contribution in [2.24, 2.45) is 0 Å². The Morgan fingerprint density at radius 2 is 1.79 bits per heavy atom. The second kappa shape index (κ2) is 8.26. The number of carbonyl (C=O) groups excluding carboxylic acids is 1. The van der Waals surface area contributed by atoms with Crippen molar-refractivity contribution < 1.29 is 9.72 Å². The van der Waals surface area contributed by atoms with Crippen LogP contribution in [0.2, 0.25) is 0 Å². The lowest BCUT2D eigenvalue weighted by atomic mass is 10.1. The molecule has 0 radical (unpaired) electrons. The summed E-state index contributed by atoms with van der Waals surface area (Å²) in [5.74, 6) is 0.251. The van der Waals surface area contributed by atoms with Crippen LogP contribution in [0.3, 0.4) is 0 Å². The zero-order valence-electron chi connectivity index (χ0n) is 15.5. The fourth-order valence-electron chi connectivity index (χ4n) is 2.77. The molecule has 1 heterocycles. The third-order valence-electron chi connectivity index (χ3n) is 4.16. The summed E-state index contributed by atoms with van der Waals surface area (Å²) in [5, 5.41) is 14.7. The first-order valence-corrected chi connectivity index (χ1v) is 8.58. The topological polar surface area (TPSA) is 101 Å². The number of rotatable bonds is 7. The zero-order chi connectivity index (χ0) is 20.1. The number of anilines is 3. The Labute approximate surface area is 162 Å². The molecule has 0 atom stereocenters. The third-order valence-corrected chi connectivity index (χ3v) is 4.16. The lowest BCUT2D eigenvalue weighted by molar-refractivity contribution is -0.383. The molecular weight excluding hydrogens is 358 g/mol. The van der Waals surface area contributed by atoms with Crippen molar-refractivity contribution in [2.75, 3.05) is 17.3 Å². The van der Waals surface area contributed by atoms with Gasteiger partial charge in [-0.25, -0.2) is 9.97 Å². The summed E-state index contributed by atoms with van der Waals surface area (Å²) in [6.07, 6.45) is 1.29. The standard InChI is InChI=1S/C20H19N5O3/c1-14(26)16-8-10-17(11-9-16)23-19-18(25(27)28)20(22-13-21-19)24(2)12-15-6-4-3-5-7-15/h3-11,13H,12H2,1-2H3,(H,21,22,23). The largest absolute Gasteiger partial charge is 0.353 e. The first kappa shape index (κ1) is 19.0. The molecule has 0 spiro atoms. The average molecular weight is 377 g/mol. The molecule has 0 bridgehead atoms. The van der Waals surface area contributed by atoms with Gasteiger partial charge in [-0.2, -0.15) is 0 Å². The summed E-state index contributed by atoms with van der Waals surface area (Å²) in [6, 6.07) is 16.3. The maximum Gasteiger partial charge on any atom is 0.353 e. The lowest BCUT2D eigenvalue weighted by Crippen LogP contribution is -2.20. The summed E-state index contributed by atoms with van der Waals surface area (Å²) in [7, 11) is 1.74. The van der Waals surface area contributed by atoms with Gasteiger partial charge in [0.15, 0.2) is 5.78 Å². The molecule has 0 unspecified atom stereocenters. The van der Waals surface area contributed by atoms with E-state index >= 15 is 0 Å². The molecule has 0 aliphatic rings. The SMILES string of the molecule is CC(=O)c1ccc(Nc2ncnc(N(C)Cc3ccccc3)c2[N+](=O)[O-])cc1. The van der Waals surface area contributed by atoms with Crippen LogP contribution in [0.25, 0.3) is 0 Å². The number of aromatic nitrogens is 2. The van der Waals surface area contributed by atoms with Crippen molar-refractivity contribution in [3.05, 3.63) is 82.2 Å². The van der Waals surface area contributed by atoms with Gasteiger partial charge >= 0.3 is 5.69 Å². The number of benzene rings is 2. The van der Waals surface area contributed by atoms with Crippen molar-refractivity contribution in [2.45, 2.75) is 13.5 Å². The van der Waals surface area contributed by atoms with E-state index in [0.29, 0.717) is 17.8 Å². The molecule has 0 amide bonds. The van der Waals surface area contributed by atoms with Crippen LogP contribution in [0.4, 0.5) is 23.0 Å². The van der Waals surface area contributed by atoms with Crippen LogP contribution >= 0.6 is 0 Å². The van der Waals surface area contributed by atoms with Crippen molar-refractivity contribution >= 4 is 28.8 Å². The molecule has 0 saturated carbocycles. The van der Waals surface area contributed by atoms with Crippen LogP contribution < -0.4 is 10.2 Å². The molecule has 142 valence electrons. The summed E-state index contributed by atoms with van der Waals surface area (Å²) in [6.45, 7) is 1.94. The minimum atomic E-state index is -0.497. The minimum absolute atomic E-state index is 0.0515. The van der Waals surface area contributed by atoms with E-state index in [1.54, 1.807) is 36.2 Å². The molecule has 1 N–H and O–H groups in total. The Bertz CT molecular complexity index is 990. The maximum atomic E-state index is 11.7. The number of carbonyl (C=O) groups is 1. The highest BCUT2D eigenvalue weighted by atomic mass is 16.6. The predicted molar refractivity (Wildman–Crippen MR) is 107 cm³/mol. The molecule has 0 saturated heterocycles. The van der Waals surface area contributed by atoms with Gasteiger partial charge in [0.1, 0.15) is 6.33 Å². The highest BCUT2D eigenvalue weighted by Gasteiger charge is 2.25.